The van der Waals surface area contributed by atoms with Crippen molar-refractivity contribution in [1.82, 2.24) is 10.2 Å². The molecule has 2 amide bonds. The van der Waals surface area contributed by atoms with Crippen molar-refractivity contribution in [1.29, 1.82) is 0 Å². The fraction of sp³-hybridized carbons (Fsp3) is 0.294. The summed E-state index contributed by atoms with van der Waals surface area (Å²) in [5.41, 5.74) is 3.20. The average Bonchev–Trinajstić information content (AvgIpc) is 3.48. The number of aryl methyl sites for hydroxylation is 1. The van der Waals surface area contributed by atoms with Gasteiger partial charge >= 0.3 is 0 Å². The Labute approximate surface area is 239 Å². The molecule has 0 saturated heterocycles. The van der Waals surface area contributed by atoms with E-state index in [0.717, 1.165) is 46.8 Å². The van der Waals surface area contributed by atoms with E-state index < -0.39 is 6.04 Å². The predicted octanol–water partition coefficient (Wildman–Crippen LogP) is 7.23. The third-order valence-electron chi connectivity index (χ3n) is 7.73. The van der Waals surface area contributed by atoms with Crippen LogP contribution < -0.4 is 5.32 Å². The molecular weight excluding hydrogens is 548 g/mol. The predicted molar refractivity (Wildman–Crippen MR) is 161 cm³/mol. The molecule has 0 spiro atoms. The van der Waals surface area contributed by atoms with Crippen LogP contribution in [0.5, 0.6) is 0 Å². The molecule has 0 aromatic heterocycles. The zero-order valence-corrected chi connectivity index (χ0v) is 23.8. The Bertz CT molecular complexity index is 1390. The summed E-state index contributed by atoms with van der Waals surface area (Å²) in [5.74, 6) is -0.0604. The summed E-state index contributed by atoms with van der Waals surface area (Å²) in [5, 5.41) is 5.63. The molecule has 1 aliphatic carbocycles. The van der Waals surface area contributed by atoms with Gasteiger partial charge in [-0.1, -0.05) is 114 Å². The molecule has 5 rings (SSSR count). The molecule has 4 aromatic carbocycles. The van der Waals surface area contributed by atoms with Crippen LogP contribution in [-0.4, -0.2) is 28.8 Å². The lowest BCUT2D eigenvalue weighted by Crippen LogP contribution is -2.52. The minimum Gasteiger partial charge on any atom is -0.352 e. The zero-order valence-electron chi connectivity index (χ0n) is 22.2. The van der Waals surface area contributed by atoms with Crippen molar-refractivity contribution in [3.8, 4) is 0 Å². The maximum atomic E-state index is 14.0. The van der Waals surface area contributed by atoms with E-state index in [1.807, 2.05) is 71.6 Å². The van der Waals surface area contributed by atoms with Crippen molar-refractivity contribution in [2.75, 3.05) is 0 Å². The van der Waals surface area contributed by atoms with Crippen LogP contribution in [0.2, 0.25) is 0 Å². The molecule has 1 aliphatic rings. The fourth-order valence-corrected chi connectivity index (χ4v) is 5.87. The summed E-state index contributed by atoms with van der Waals surface area (Å²) in [6, 6.07) is 32.2. The largest absolute Gasteiger partial charge is 0.352 e. The molecule has 1 atom stereocenters. The summed E-state index contributed by atoms with van der Waals surface area (Å²) in [4.78, 5) is 29.7. The Morgan fingerprint density at radius 2 is 1.51 bits per heavy atom. The van der Waals surface area contributed by atoms with Crippen molar-refractivity contribution in [2.45, 2.75) is 63.6 Å². The van der Waals surface area contributed by atoms with Crippen LogP contribution in [0.1, 0.15) is 48.8 Å². The molecule has 4 aromatic rings. The molecule has 5 heteroatoms. The molecule has 1 fully saturated rings. The van der Waals surface area contributed by atoms with Crippen molar-refractivity contribution in [3.05, 3.63) is 118 Å². The Kier molecular flexibility index (Phi) is 9.10. The number of fused-ring (bicyclic) bond motifs is 1. The summed E-state index contributed by atoms with van der Waals surface area (Å²) in [6.45, 7) is 0.386. The van der Waals surface area contributed by atoms with Gasteiger partial charge in [0.05, 0.1) is 0 Å². The van der Waals surface area contributed by atoms with E-state index in [9.17, 15) is 9.59 Å². The number of hydrogen-bond acceptors (Lipinski definition) is 2. The third-order valence-corrected chi connectivity index (χ3v) is 8.26. The number of carbonyl (C=O) groups excluding carboxylic acids is 2. The van der Waals surface area contributed by atoms with Gasteiger partial charge in [-0.3, -0.25) is 9.59 Å². The van der Waals surface area contributed by atoms with Crippen molar-refractivity contribution in [2.24, 2.45) is 0 Å². The van der Waals surface area contributed by atoms with Crippen molar-refractivity contribution < 1.29 is 9.59 Å². The number of carbonyl (C=O) groups is 2. The van der Waals surface area contributed by atoms with Crippen LogP contribution >= 0.6 is 15.9 Å². The van der Waals surface area contributed by atoms with Gasteiger partial charge in [0.2, 0.25) is 11.8 Å². The summed E-state index contributed by atoms with van der Waals surface area (Å²) in [7, 11) is 0. The van der Waals surface area contributed by atoms with Crippen LogP contribution in [0.4, 0.5) is 0 Å². The minimum absolute atomic E-state index is 0.00615. The molecule has 1 N–H and O–H groups in total. The monoisotopic (exact) mass is 582 g/mol. The minimum atomic E-state index is -0.586. The normalized spacial score (nSPS) is 14.3. The topological polar surface area (TPSA) is 49.4 Å². The SMILES string of the molecule is O=C(NC1CCCC1)[C@@H](Cc1ccccc1)N(Cc1ccc(Br)cc1)C(=O)CCc1cccc2ccccc12. The number of nitrogens with one attached hydrogen (secondary N) is 1. The van der Waals surface area contributed by atoms with Crippen molar-refractivity contribution >= 4 is 38.5 Å². The van der Waals surface area contributed by atoms with Gasteiger partial charge in [-0.2, -0.15) is 0 Å². The average molecular weight is 584 g/mol. The van der Waals surface area contributed by atoms with E-state index in [-0.39, 0.29) is 17.9 Å². The lowest BCUT2D eigenvalue weighted by molar-refractivity contribution is -0.141. The van der Waals surface area contributed by atoms with Gasteiger partial charge in [0, 0.05) is 29.9 Å². The van der Waals surface area contributed by atoms with Gasteiger partial charge in [-0.05, 0) is 58.9 Å². The quantitative estimate of drug-likeness (QED) is 0.214. The highest BCUT2D eigenvalue weighted by Gasteiger charge is 2.32. The van der Waals surface area contributed by atoms with Gasteiger partial charge in [0.15, 0.2) is 0 Å². The highest BCUT2D eigenvalue weighted by Crippen LogP contribution is 2.23. The molecule has 4 nitrogen and oxygen atoms in total. The lowest BCUT2D eigenvalue weighted by atomic mass is 9.99. The Balaban J connectivity index is 1.43. The number of rotatable bonds is 10. The van der Waals surface area contributed by atoms with E-state index in [4.69, 9.17) is 0 Å². The van der Waals surface area contributed by atoms with E-state index in [0.29, 0.717) is 25.8 Å². The molecular formula is C34H35BrN2O2. The maximum absolute atomic E-state index is 14.0. The maximum Gasteiger partial charge on any atom is 0.243 e. The number of halogens is 1. The number of benzene rings is 4. The Morgan fingerprint density at radius 3 is 2.28 bits per heavy atom. The standard InChI is InChI=1S/C34H35BrN2O2/c35-29-20-17-26(18-21-29)24-37(33(38)22-19-28-13-8-12-27-11-4-7-16-31(27)28)32(23-25-9-2-1-3-10-25)34(39)36-30-14-5-6-15-30/h1-4,7-13,16-18,20-21,30,32H,5-6,14-15,19,22-24H2,(H,36,39)/t32-/m1/s1. The Hall–Kier alpha value is -3.44. The van der Waals surface area contributed by atoms with Crippen molar-refractivity contribution in [3.63, 3.8) is 0 Å². The first kappa shape index (κ1) is 27.1. The van der Waals surface area contributed by atoms with Crippen LogP contribution in [0.25, 0.3) is 10.8 Å². The van der Waals surface area contributed by atoms with E-state index in [1.54, 1.807) is 0 Å². The fourth-order valence-electron chi connectivity index (χ4n) is 5.60. The molecule has 1 saturated carbocycles. The van der Waals surface area contributed by atoms with Crippen LogP contribution in [0.3, 0.4) is 0 Å². The first-order chi connectivity index (χ1) is 19.1. The second-order valence-electron chi connectivity index (χ2n) is 10.5. The number of nitrogens with zero attached hydrogens (tertiary/aromatic N) is 1. The first-order valence-corrected chi connectivity index (χ1v) is 14.7. The molecule has 0 aliphatic heterocycles. The second-order valence-corrected chi connectivity index (χ2v) is 11.4. The third kappa shape index (κ3) is 7.15. The van der Waals surface area contributed by atoms with E-state index in [1.165, 1.54) is 10.8 Å². The molecule has 0 unspecified atom stereocenters. The van der Waals surface area contributed by atoms with Gasteiger partial charge < -0.3 is 10.2 Å². The molecule has 0 bridgehead atoms. The molecule has 39 heavy (non-hydrogen) atoms. The second kappa shape index (κ2) is 13.1. The summed E-state index contributed by atoms with van der Waals surface area (Å²) >= 11 is 3.51. The number of amides is 2. The lowest BCUT2D eigenvalue weighted by Gasteiger charge is -2.32. The Morgan fingerprint density at radius 1 is 0.821 bits per heavy atom. The van der Waals surface area contributed by atoms with Crippen LogP contribution in [0.15, 0.2) is 102 Å². The highest BCUT2D eigenvalue weighted by molar-refractivity contribution is 9.10. The zero-order chi connectivity index (χ0) is 27.0. The van der Waals surface area contributed by atoms with Gasteiger partial charge in [0.1, 0.15) is 6.04 Å². The summed E-state index contributed by atoms with van der Waals surface area (Å²) < 4.78 is 0.986. The van der Waals surface area contributed by atoms with E-state index in [2.05, 4.69) is 51.6 Å². The van der Waals surface area contributed by atoms with E-state index >= 15 is 0 Å². The molecule has 200 valence electrons. The van der Waals surface area contributed by atoms with Gasteiger partial charge in [-0.25, -0.2) is 0 Å². The highest BCUT2D eigenvalue weighted by atomic mass is 79.9. The van der Waals surface area contributed by atoms with Gasteiger partial charge in [-0.15, -0.1) is 0 Å². The summed E-state index contributed by atoms with van der Waals surface area (Å²) in [6.07, 6.45) is 5.74. The van der Waals surface area contributed by atoms with Gasteiger partial charge in [0.25, 0.3) is 0 Å². The smallest absolute Gasteiger partial charge is 0.243 e. The number of hydrogen-bond donors (Lipinski definition) is 1. The first-order valence-electron chi connectivity index (χ1n) is 13.9. The molecule has 0 radical (unpaired) electrons. The van der Waals surface area contributed by atoms with Crippen LogP contribution in [0, 0.1) is 0 Å². The van der Waals surface area contributed by atoms with Crippen LogP contribution in [-0.2, 0) is 29.0 Å². The molecule has 0 heterocycles.